The van der Waals surface area contributed by atoms with Crippen molar-refractivity contribution in [2.75, 3.05) is 13.7 Å². The molecule has 0 aliphatic rings. The Kier molecular flexibility index (Phi) is 6.04. The molecule has 0 N–H and O–H groups in total. The van der Waals surface area contributed by atoms with Crippen LogP contribution in [0.5, 0.6) is 5.75 Å². The second kappa shape index (κ2) is 8.42. The topological polar surface area (TPSA) is 69.9 Å². The first-order valence-electron chi connectivity index (χ1n) is 8.91. The number of aryl methyl sites for hydroxylation is 2. The van der Waals surface area contributed by atoms with Crippen LogP contribution in [0, 0.1) is 21.0 Å². The average Bonchev–Trinajstić information content (AvgIpc) is 3.17. The minimum Gasteiger partial charge on any atom is -0.480 e. The number of carbonyl (C=O) groups excluding carboxylic acids is 1. The summed E-state index contributed by atoms with van der Waals surface area (Å²) in [5.41, 5.74) is 4.77. The number of halogens is 2. The van der Waals surface area contributed by atoms with E-state index in [0.29, 0.717) is 15.2 Å². The van der Waals surface area contributed by atoms with Crippen LogP contribution in [0.3, 0.4) is 0 Å². The fourth-order valence-electron chi connectivity index (χ4n) is 3.06. The molecule has 154 valence electrons. The zero-order valence-electron chi connectivity index (χ0n) is 16.3. The van der Waals surface area contributed by atoms with E-state index in [2.05, 4.69) is 54.9 Å². The molecule has 0 spiro atoms. The molecule has 4 aromatic rings. The van der Waals surface area contributed by atoms with Crippen LogP contribution in [-0.4, -0.2) is 29.1 Å². The van der Waals surface area contributed by atoms with Crippen LogP contribution in [0.15, 0.2) is 29.1 Å². The molecule has 0 bridgehead atoms. The van der Waals surface area contributed by atoms with Crippen molar-refractivity contribution < 1.29 is 14.3 Å². The summed E-state index contributed by atoms with van der Waals surface area (Å²) in [6, 6.07) is 7.87. The van der Waals surface area contributed by atoms with Crippen molar-refractivity contribution in [1.82, 2.24) is 9.38 Å². The van der Waals surface area contributed by atoms with Crippen LogP contribution < -0.4 is 14.8 Å². The molecular formula is C21H16I2N2O4S. The Morgan fingerprint density at radius 2 is 1.83 bits per heavy atom. The minimum atomic E-state index is -0.437. The summed E-state index contributed by atoms with van der Waals surface area (Å²) in [5.74, 6) is 0.187. The lowest BCUT2D eigenvalue weighted by atomic mass is 10.1. The van der Waals surface area contributed by atoms with Crippen molar-refractivity contribution >= 4 is 84.6 Å². The van der Waals surface area contributed by atoms with Gasteiger partial charge in [-0.1, -0.05) is 11.3 Å². The quantitative estimate of drug-likeness (QED) is 0.249. The van der Waals surface area contributed by atoms with E-state index >= 15 is 0 Å². The Morgan fingerprint density at radius 1 is 1.17 bits per heavy atom. The van der Waals surface area contributed by atoms with Crippen LogP contribution >= 0.6 is 56.5 Å². The first-order valence-corrected chi connectivity index (χ1v) is 11.9. The molecule has 0 radical (unpaired) electrons. The van der Waals surface area contributed by atoms with Crippen LogP contribution in [-0.2, 0) is 9.53 Å². The summed E-state index contributed by atoms with van der Waals surface area (Å²) in [6.07, 6.45) is 1.86. The van der Waals surface area contributed by atoms with Gasteiger partial charge in [-0.25, -0.2) is 14.2 Å². The number of imidazole rings is 1. The van der Waals surface area contributed by atoms with Gasteiger partial charge in [0.25, 0.3) is 5.56 Å². The lowest BCUT2D eigenvalue weighted by Crippen LogP contribution is -2.22. The summed E-state index contributed by atoms with van der Waals surface area (Å²) in [7, 11) is 1.32. The maximum atomic E-state index is 13.1. The summed E-state index contributed by atoms with van der Waals surface area (Å²) < 4.78 is 14.2. The Balaban J connectivity index is 1.78. The number of hydrogen-bond acceptors (Lipinski definition) is 6. The molecule has 0 aliphatic heterocycles. The number of fused-ring (bicyclic) bond motifs is 3. The number of esters is 1. The highest BCUT2D eigenvalue weighted by Gasteiger charge is 2.14. The number of hydrogen-bond donors (Lipinski definition) is 0. The molecule has 30 heavy (non-hydrogen) atoms. The number of thiazole rings is 1. The van der Waals surface area contributed by atoms with Gasteiger partial charge in [0.2, 0.25) is 0 Å². The van der Waals surface area contributed by atoms with E-state index in [9.17, 15) is 9.59 Å². The number of nitrogens with zero attached hydrogens (tertiary/aromatic N) is 2. The smallest absolute Gasteiger partial charge is 0.343 e. The highest BCUT2D eigenvalue weighted by atomic mass is 127. The Morgan fingerprint density at radius 3 is 2.50 bits per heavy atom. The van der Waals surface area contributed by atoms with E-state index < -0.39 is 5.97 Å². The van der Waals surface area contributed by atoms with Gasteiger partial charge in [-0.3, -0.25) is 4.79 Å². The number of benzene rings is 2. The van der Waals surface area contributed by atoms with Gasteiger partial charge in [0.1, 0.15) is 5.75 Å². The van der Waals surface area contributed by atoms with Crippen molar-refractivity contribution in [2.45, 2.75) is 13.8 Å². The van der Waals surface area contributed by atoms with E-state index in [-0.39, 0.29) is 12.2 Å². The lowest BCUT2D eigenvalue weighted by molar-refractivity contribution is -0.142. The predicted octanol–water partition coefficient (Wildman–Crippen LogP) is 3.83. The van der Waals surface area contributed by atoms with E-state index in [1.165, 1.54) is 18.4 Å². The molecule has 0 atom stereocenters. The molecule has 2 aromatic heterocycles. The fraction of sp³-hybridized carbons (Fsp3) is 0.190. The molecule has 2 aromatic carbocycles. The zero-order valence-corrected chi connectivity index (χ0v) is 21.4. The fourth-order valence-corrected chi connectivity index (χ4v) is 6.18. The maximum Gasteiger partial charge on any atom is 0.343 e. The van der Waals surface area contributed by atoms with Gasteiger partial charge >= 0.3 is 5.97 Å². The SMILES string of the molecule is COC(=O)COc1c(I)cc(/C=c2\sc3nc4cc(C)c(C)cc4n3c2=O)cc1I. The van der Waals surface area contributed by atoms with Crippen molar-refractivity contribution in [3.8, 4) is 5.75 Å². The number of carbonyl (C=O) groups is 1. The highest BCUT2D eigenvalue weighted by molar-refractivity contribution is 14.1. The molecule has 0 aliphatic carbocycles. The molecule has 0 fully saturated rings. The second-order valence-electron chi connectivity index (χ2n) is 6.75. The van der Waals surface area contributed by atoms with E-state index in [1.807, 2.05) is 44.2 Å². The molecule has 2 heterocycles. The largest absolute Gasteiger partial charge is 0.480 e. The summed E-state index contributed by atoms with van der Waals surface area (Å²) in [4.78, 5) is 29.7. The summed E-state index contributed by atoms with van der Waals surface area (Å²) in [5, 5.41) is 0. The van der Waals surface area contributed by atoms with Gasteiger partial charge in [-0.05, 0) is 106 Å². The third-order valence-corrected chi connectivity index (χ3v) is 7.31. The molecule has 6 nitrogen and oxygen atoms in total. The lowest BCUT2D eigenvalue weighted by Gasteiger charge is -2.10. The van der Waals surface area contributed by atoms with Gasteiger partial charge in [-0.15, -0.1) is 0 Å². The Labute approximate surface area is 203 Å². The normalized spacial score (nSPS) is 12.1. The van der Waals surface area contributed by atoms with E-state index in [4.69, 9.17) is 4.74 Å². The third kappa shape index (κ3) is 3.94. The van der Waals surface area contributed by atoms with Gasteiger partial charge in [-0.2, -0.15) is 0 Å². The molecule has 0 saturated carbocycles. The van der Waals surface area contributed by atoms with E-state index in [1.54, 1.807) is 4.40 Å². The molecule has 9 heteroatoms. The van der Waals surface area contributed by atoms with Gasteiger partial charge in [0, 0.05) is 0 Å². The molecule has 0 unspecified atom stereocenters. The molecule has 0 amide bonds. The predicted molar refractivity (Wildman–Crippen MR) is 134 cm³/mol. The van der Waals surface area contributed by atoms with Crippen molar-refractivity contribution in [3.05, 3.63) is 63.0 Å². The number of rotatable bonds is 4. The summed E-state index contributed by atoms with van der Waals surface area (Å²) >= 11 is 5.69. The van der Waals surface area contributed by atoms with Crippen molar-refractivity contribution in [3.63, 3.8) is 0 Å². The number of ether oxygens (including phenoxy) is 2. The van der Waals surface area contributed by atoms with Gasteiger partial charge < -0.3 is 9.47 Å². The van der Waals surface area contributed by atoms with E-state index in [0.717, 1.165) is 34.9 Å². The van der Waals surface area contributed by atoms with Crippen LogP contribution in [0.2, 0.25) is 0 Å². The van der Waals surface area contributed by atoms with Crippen LogP contribution in [0.1, 0.15) is 16.7 Å². The monoisotopic (exact) mass is 646 g/mol. The highest BCUT2D eigenvalue weighted by Crippen LogP contribution is 2.29. The average molecular weight is 646 g/mol. The molecular weight excluding hydrogens is 630 g/mol. The Bertz CT molecular complexity index is 1400. The second-order valence-corrected chi connectivity index (χ2v) is 10.1. The maximum absolute atomic E-state index is 13.1. The number of aromatic nitrogens is 2. The Hall–Kier alpha value is -1.73. The first kappa shape index (κ1) is 21.5. The van der Waals surface area contributed by atoms with Crippen molar-refractivity contribution in [1.29, 1.82) is 0 Å². The molecule has 0 saturated heterocycles. The minimum absolute atomic E-state index is 0.0724. The molecule has 4 rings (SSSR count). The van der Waals surface area contributed by atoms with Gasteiger partial charge in [0.15, 0.2) is 11.6 Å². The van der Waals surface area contributed by atoms with Gasteiger partial charge in [0.05, 0.1) is 29.8 Å². The first-order chi connectivity index (χ1) is 14.3. The third-order valence-electron chi connectivity index (χ3n) is 4.73. The van der Waals surface area contributed by atoms with Crippen LogP contribution in [0.25, 0.3) is 22.1 Å². The zero-order chi connectivity index (χ0) is 21.6. The van der Waals surface area contributed by atoms with Crippen molar-refractivity contribution in [2.24, 2.45) is 0 Å². The summed E-state index contributed by atoms with van der Waals surface area (Å²) in [6.45, 7) is 3.93. The van der Waals surface area contributed by atoms with Crippen LogP contribution in [0.4, 0.5) is 0 Å². The standard InChI is InChI=1S/C21H16I2N2O4S/c1-10-4-15-16(5-11(10)2)25-20(27)17(30-21(25)24-15)8-12-6-13(22)19(14(23)7-12)29-9-18(26)28-3/h4-8H,9H2,1-3H3/b17-8-. The number of methoxy groups -OCH3 is 1.